The highest BCUT2D eigenvalue weighted by atomic mass is 32.2. The van der Waals surface area contributed by atoms with Gasteiger partial charge in [-0.1, -0.05) is 6.58 Å². The number of hydrogen-bond donors (Lipinski definition) is 1. The standard InChI is InChI=1S/C12H15NO7S/c1-3-8(14)18-5(2)12(15)20-10-6-4-7-11(19-6)9(10)13-21(7,16)17/h3,5-7,9-11,13H,1,4H2,2H3. The molecule has 0 aromatic heterocycles. The van der Waals surface area contributed by atoms with E-state index in [1.807, 2.05) is 0 Å². The van der Waals surface area contributed by atoms with Gasteiger partial charge in [0.15, 0.2) is 6.10 Å². The third kappa shape index (κ3) is 2.25. The number of hydrogen-bond acceptors (Lipinski definition) is 7. The van der Waals surface area contributed by atoms with Crippen LogP contribution in [-0.4, -0.2) is 56.1 Å². The fourth-order valence-electron chi connectivity index (χ4n) is 3.02. The summed E-state index contributed by atoms with van der Waals surface area (Å²) in [5, 5.41) is -0.571. The highest BCUT2D eigenvalue weighted by Gasteiger charge is 2.65. The molecule has 3 fully saturated rings. The minimum atomic E-state index is -3.41. The second-order valence-electron chi connectivity index (χ2n) is 5.29. The zero-order valence-electron chi connectivity index (χ0n) is 11.2. The average Bonchev–Trinajstić information content (AvgIpc) is 3.02. The van der Waals surface area contributed by atoms with Crippen LogP contribution >= 0.6 is 0 Å². The highest BCUT2D eigenvalue weighted by molar-refractivity contribution is 7.90. The summed E-state index contributed by atoms with van der Waals surface area (Å²) in [5.41, 5.74) is 0. The lowest BCUT2D eigenvalue weighted by Gasteiger charge is -2.24. The van der Waals surface area contributed by atoms with Gasteiger partial charge in [0.2, 0.25) is 10.0 Å². The van der Waals surface area contributed by atoms with E-state index in [4.69, 9.17) is 14.2 Å². The van der Waals surface area contributed by atoms with E-state index in [-0.39, 0.29) is 0 Å². The zero-order chi connectivity index (χ0) is 15.4. The summed E-state index contributed by atoms with van der Waals surface area (Å²) in [5.74, 6) is -1.47. The van der Waals surface area contributed by atoms with Crippen LogP contribution < -0.4 is 4.72 Å². The second-order valence-corrected chi connectivity index (χ2v) is 7.22. The predicted octanol–water partition coefficient (Wildman–Crippen LogP) is -1.14. The summed E-state index contributed by atoms with van der Waals surface area (Å²) >= 11 is 0. The summed E-state index contributed by atoms with van der Waals surface area (Å²) in [4.78, 5) is 22.9. The molecule has 3 aliphatic rings. The number of fused-ring (bicyclic) bond motifs is 1. The van der Waals surface area contributed by atoms with E-state index in [0.29, 0.717) is 6.42 Å². The van der Waals surface area contributed by atoms with Crippen LogP contribution in [0.2, 0.25) is 0 Å². The van der Waals surface area contributed by atoms with Gasteiger partial charge < -0.3 is 14.2 Å². The van der Waals surface area contributed by atoms with Crippen LogP contribution in [0.25, 0.3) is 0 Å². The first-order valence-electron chi connectivity index (χ1n) is 6.53. The van der Waals surface area contributed by atoms with Crippen LogP contribution in [0.15, 0.2) is 12.7 Å². The first-order valence-corrected chi connectivity index (χ1v) is 8.08. The summed E-state index contributed by atoms with van der Waals surface area (Å²) in [6.45, 7) is 4.61. The molecule has 1 N–H and O–H groups in total. The number of carbonyl (C=O) groups is 2. The van der Waals surface area contributed by atoms with Gasteiger partial charge in [-0.05, 0) is 13.3 Å². The maximum atomic E-state index is 11.9. The molecule has 0 radical (unpaired) electrons. The number of sulfonamides is 1. The molecule has 0 aromatic rings. The maximum Gasteiger partial charge on any atom is 0.347 e. The van der Waals surface area contributed by atoms with E-state index in [1.54, 1.807) is 0 Å². The van der Waals surface area contributed by atoms with Crippen molar-refractivity contribution in [2.45, 2.75) is 49.1 Å². The van der Waals surface area contributed by atoms with Crippen molar-refractivity contribution in [1.82, 2.24) is 4.72 Å². The molecule has 0 aromatic carbocycles. The van der Waals surface area contributed by atoms with E-state index in [9.17, 15) is 18.0 Å². The first-order chi connectivity index (χ1) is 9.83. The van der Waals surface area contributed by atoms with Crippen molar-refractivity contribution in [1.29, 1.82) is 0 Å². The predicted molar refractivity (Wildman–Crippen MR) is 68.5 cm³/mol. The Morgan fingerprint density at radius 2 is 2.19 bits per heavy atom. The first kappa shape index (κ1) is 14.5. The third-order valence-electron chi connectivity index (χ3n) is 3.98. The lowest BCUT2D eigenvalue weighted by molar-refractivity contribution is -0.170. The molecule has 0 aliphatic carbocycles. The van der Waals surface area contributed by atoms with Crippen molar-refractivity contribution < 1.29 is 32.2 Å². The summed E-state index contributed by atoms with van der Waals surface area (Å²) < 4.78 is 41.7. The molecule has 3 aliphatic heterocycles. The molecule has 2 bridgehead atoms. The van der Waals surface area contributed by atoms with Gasteiger partial charge in [-0.25, -0.2) is 22.7 Å². The van der Waals surface area contributed by atoms with Crippen LogP contribution in [0.5, 0.6) is 0 Å². The van der Waals surface area contributed by atoms with E-state index >= 15 is 0 Å². The third-order valence-corrected chi connectivity index (χ3v) is 5.84. The Morgan fingerprint density at radius 1 is 1.48 bits per heavy atom. The number of rotatable bonds is 4. The fourth-order valence-corrected chi connectivity index (χ4v) is 4.87. The quantitative estimate of drug-likeness (QED) is 0.515. The van der Waals surface area contributed by atoms with Crippen molar-refractivity contribution in [3.63, 3.8) is 0 Å². The Hall–Kier alpha value is -1.45. The van der Waals surface area contributed by atoms with E-state index in [0.717, 1.165) is 6.08 Å². The van der Waals surface area contributed by atoms with Crippen molar-refractivity contribution in [3.05, 3.63) is 12.7 Å². The molecule has 0 saturated carbocycles. The molecule has 21 heavy (non-hydrogen) atoms. The molecule has 6 unspecified atom stereocenters. The van der Waals surface area contributed by atoms with E-state index in [2.05, 4.69) is 11.3 Å². The largest absolute Gasteiger partial charge is 0.455 e. The SMILES string of the molecule is C=CC(=O)OC(C)C(=O)OC1C2CC3C(O2)C1NS3(=O)=O. The molecule has 3 heterocycles. The summed E-state index contributed by atoms with van der Waals surface area (Å²) in [7, 11) is -3.41. The van der Waals surface area contributed by atoms with Crippen molar-refractivity contribution in [2.24, 2.45) is 0 Å². The number of carbonyl (C=O) groups excluding carboxylic acids is 2. The average molecular weight is 317 g/mol. The van der Waals surface area contributed by atoms with E-state index < -0.39 is 57.7 Å². The lowest BCUT2D eigenvalue weighted by Crippen LogP contribution is -2.46. The monoisotopic (exact) mass is 317 g/mol. The van der Waals surface area contributed by atoms with Gasteiger partial charge in [0.25, 0.3) is 0 Å². The van der Waals surface area contributed by atoms with Crippen LogP contribution in [0.1, 0.15) is 13.3 Å². The Balaban J connectivity index is 1.66. The minimum absolute atomic E-state index is 0.301. The molecule has 0 spiro atoms. The van der Waals surface area contributed by atoms with Gasteiger partial charge in [-0.3, -0.25) is 0 Å². The molecule has 3 rings (SSSR count). The van der Waals surface area contributed by atoms with Crippen LogP contribution in [0.3, 0.4) is 0 Å². The maximum absolute atomic E-state index is 11.9. The Kier molecular flexibility index (Phi) is 3.30. The highest BCUT2D eigenvalue weighted by Crippen LogP contribution is 2.44. The smallest absolute Gasteiger partial charge is 0.347 e. The van der Waals surface area contributed by atoms with Crippen molar-refractivity contribution >= 4 is 22.0 Å². The van der Waals surface area contributed by atoms with Gasteiger partial charge >= 0.3 is 11.9 Å². The van der Waals surface area contributed by atoms with Gasteiger partial charge in [-0.15, -0.1) is 0 Å². The zero-order valence-corrected chi connectivity index (χ0v) is 12.0. The van der Waals surface area contributed by atoms with Crippen LogP contribution in [0.4, 0.5) is 0 Å². The molecular formula is C12H15NO7S. The topological polar surface area (TPSA) is 108 Å². The number of esters is 2. The minimum Gasteiger partial charge on any atom is -0.455 e. The van der Waals surface area contributed by atoms with E-state index in [1.165, 1.54) is 6.92 Å². The Bertz CT molecular complexity index is 601. The lowest BCUT2D eigenvalue weighted by atomic mass is 9.93. The Labute approximate surface area is 121 Å². The molecule has 6 atom stereocenters. The molecule has 9 heteroatoms. The second kappa shape index (κ2) is 4.79. The Morgan fingerprint density at radius 3 is 2.86 bits per heavy atom. The van der Waals surface area contributed by atoms with Crippen LogP contribution in [0, 0.1) is 0 Å². The number of nitrogens with one attached hydrogen (secondary N) is 1. The van der Waals surface area contributed by atoms with Gasteiger partial charge in [0, 0.05) is 6.08 Å². The molecule has 8 nitrogen and oxygen atoms in total. The van der Waals surface area contributed by atoms with Gasteiger partial charge in [-0.2, -0.15) is 0 Å². The normalized spacial score (nSPS) is 39.8. The summed E-state index contributed by atoms with van der Waals surface area (Å²) in [6, 6.07) is -0.565. The van der Waals surface area contributed by atoms with Gasteiger partial charge in [0.05, 0.1) is 18.2 Å². The summed E-state index contributed by atoms with van der Waals surface area (Å²) in [6.07, 6.45) is -1.47. The van der Waals surface area contributed by atoms with Crippen molar-refractivity contribution in [2.75, 3.05) is 0 Å². The van der Waals surface area contributed by atoms with Crippen molar-refractivity contribution in [3.8, 4) is 0 Å². The molecular weight excluding hydrogens is 302 g/mol. The molecule has 0 amide bonds. The fraction of sp³-hybridized carbons (Fsp3) is 0.667. The molecule has 116 valence electrons. The molecule has 3 saturated heterocycles. The van der Waals surface area contributed by atoms with Gasteiger partial charge in [0.1, 0.15) is 11.4 Å². The van der Waals surface area contributed by atoms with Crippen LogP contribution in [-0.2, 0) is 33.8 Å². The number of ether oxygens (including phenoxy) is 3.